The van der Waals surface area contributed by atoms with Crippen LogP contribution in [0.3, 0.4) is 0 Å². The molecule has 0 aromatic carbocycles. The number of nitrogens with one attached hydrogen (secondary N) is 1. The van der Waals surface area contributed by atoms with Gasteiger partial charge in [-0.05, 0) is 43.1 Å². The first-order valence-electron chi connectivity index (χ1n) is 8.07. The van der Waals surface area contributed by atoms with Gasteiger partial charge in [-0.15, -0.1) is 0 Å². The lowest BCUT2D eigenvalue weighted by atomic mass is 9.92. The Balaban J connectivity index is 1.61. The Labute approximate surface area is 126 Å². The maximum atomic E-state index is 4.69. The van der Waals surface area contributed by atoms with E-state index in [0.29, 0.717) is 5.41 Å². The van der Waals surface area contributed by atoms with Gasteiger partial charge in [0.1, 0.15) is 5.52 Å². The maximum absolute atomic E-state index is 4.69. The van der Waals surface area contributed by atoms with Crippen LogP contribution in [0, 0.1) is 11.3 Å². The van der Waals surface area contributed by atoms with Crippen LogP contribution in [-0.4, -0.2) is 21.1 Å². The highest BCUT2D eigenvalue weighted by Crippen LogP contribution is 2.61. The first-order valence-corrected chi connectivity index (χ1v) is 8.07. The largest absolute Gasteiger partial charge is 0.368 e. The van der Waals surface area contributed by atoms with E-state index in [1.54, 1.807) is 0 Å². The van der Waals surface area contributed by atoms with Crippen LogP contribution in [0.25, 0.3) is 5.52 Å². The third-order valence-corrected chi connectivity index (χ3v) is 5.10. The molecule has 2 aromatic heterocycles. The number of aromatic nitrogens is 3. The molecule has 21 heavy (non-hydrogen) atoms. The molecule has 112 valence electrons. The van der Waals surface area contributed by atoms with Gasteiger partial charge in [-0.3, -0.25) is 0 Å². The van der Waals surface area contributed by atoms with Crippen LogP contribution in [-0.2, 0) is 5.41 Å². The molecule has 0 aliphatic heterocycles. The van der Waals surface area contributed by atoms with Crippen molar-refractivity contribution in [1.82, 2.24) is 14.6 Å². The molecule has 0 bridgehead atoms. The number of fused-ring (bicyclic) bond motifs is 1. The topological polar surface area (TPSA) is 42.2 Å². The predicted molar refractivity (Wildman–Crippen MR) is 84.6 cm³/mol. The lowest BCUT2D eigenvalue weighted by Crippen LogP contribution is -2.18. The Kier molecular flexibility index (Phi) is 2.63. The maximum Gasteiger partial charge on any atom is 0.152 e. The second-order valence-electron chi connectivity index (χ2n) is 7.88. The van der Waals surface area contributed by atoms with E-state index in [4.69, 9.17) is 0 Å². The minimum atomic E-state index is 0.0645. The van der Waals surface area contributed by atoms with Gasteiger partial charge in [-0.25, -0.2) is 9.50 Å². The summed E-state index contributed by atoms with van der Waals surface area (Å²) in [5.74, 6) is 1.95. The molecule has 2 fully saturated rings. The molecule has 0 saturated heterocycles. The van der Waals surface area contributed by atoms with Crippen LogP contribution in [0.2, 0.25) is 0 Å². The van der Waals surface area contributed by atoms with Gasteiger partial charge < -0.3 is 5.32 Å². The van der Waals surface area contributed by atoms with Gasteiger partial charge in [0, 0.05) is 24.4 Å². The molecular formula is C17H24N4. The van der Waals surface area contributed by atoms with Gasteiger partial charge >= 0.3 is 0 Å². The summed E-state index contributed by atoms with van der Waals surface area (Å²) >= 11 is 0. The summed E-state index contributed by atoms with van der Waals surface area (Å²) in [7, 11) is 0. The fraction of sp³-hybridized carbons (Fsp3) is 0.647. The molecule has 0 amide bonds. The smallest absolute Gasteiger partial charge is 0.152 e. The van der Waals surface area contributed by atoms with Crippen LogP contribution in [0.5, 0.6) is 0 Å². The molecule has 2 aromatic rings. The molecule has 2 heterocycles. The van der Waals surface area contributed by atoms with Crippen molar-refractivity contribution in [2.45, 2.75) is 51.9 Å². The summed E-state index contributed by atoms with van der Waals surface area (Å²) in [5, 5.41) is 8.29. The van der Waals surface area contributed by atoms with E-state index in [2.05, 4.69) is 42.2 Å². The Morgan fingerprint density at radius 1 is 1.33 bits per heavy atom. The van der Waals surface area contributed by atoms with E-state index in [0.717, 1.165) is 29.5 Å². The average molecular weight is 284 g/mol. The minimum absolute atomic E-state index is 0.0645. The molecule has 0 atom stereocenters. The second kappa shape index (κ2) is 4.21. The molecule has 4 rings (SSSR count). The molecule has 2 saturated carbocycles. The van der Waals surface area contributed by atoms with Gasteiger partial charge in [0.25, 0.3) is 0 Å². The Bertz CT molecular complexity index is 672. The zero-order valence-electron chi connectivity index (χ0n) is 13.2. The van der Waals surface area contributed by atoms with Crippen molar-refractivity contribution in [3.63, 3.8) is 0 Å². The van der Waals surface area contributed by atoms with Crippen LogP contribution in [0.15, 0.2) is 18.5 Å². The highest BCUT2D eigenvalue weighted by molar-refractivity contribution is 5.68. The quantitative estimate of drug-likeness (QED) is 0.932. The summed E-state index contributed by atoms with van der Waals surface area (Å²) in [5.41, 5.74) is 2.85. The van der Waals surface area contributed by atoms with Crippen molar-refractivity contribution < 1.29 is 0 Å². The van der Waals surface area contributed by atoms with Crippen LogP contribution >= 0.6 is 0 Å². The van der Waals surface area contributed by atoms with Crippen molar-refractivity contribution in [2.75, 3.05) is 11.9 Å². The predicted octanol–water partition coefficient (Wildman–Crippen LogP) is 3.63. The Hall–Kier alpha value is -1.58. The molecular weight excluding hydrogens is 260 g/mol. The number of hydrogen-bond acceptors (Lipinski definition) is 3. The molecule has 1 N–H and O–H groups in total. The standard InChI is InChI=1S/C17H24N4/c1-16(2,3)14-10-13-15(18-8-9-21(13)20-14)19-11-17(6-7-17)12-4-5-12/h8-10,12H,4-7,11H2,1-3H3,(H,18,19). The molecule has 4 nitrogen and oxygen atoms in total. The van der Waals surface area contributed by atoms with E-state index < -0.39 is 0 Å². The number of nitrogens with zero attached hydrogens (tertiary/aromatic N) is 3. The summed E-state index contributed by atoms with van der Waals surface area (Å²) in [6, 6.07) is 2.17. The van der Waals surface area contributed by atoms with Crippen LogP contribution in [0.1, 0.15) is 52.1 Å². The van der Waals surface area contributed by atoms with E-state index >= 15 is 0 Å². The zero-order chi connectivity index (χ0) is 14.7. The molecule has 4 heteroatoms. The summed E-state index contributed by atoms with van der Waals surface area (Å²) in [4.78, 5) is 4.54. The van der Waals surface area contributed by atoms with Gasteiger partial charge in [-0.1, -0.05) is 20.8 Å². The molecule has 2 aliphatic rings. The van der Waals surface area contributed by atoms with E-state index in [1.165, 1.54) is 25.7 Å². The lowest BCUT2D eigenvalue weighted by Gasteiger charge is -2.15. The third-order valence-electron chi connectivity index (χ3n) is 5.10. The Morgan fingerprint density at radius 2 is 2.10 bits per heavy atom. The molecule has 0 unspecified atom stereocenters. The van der Waals surface area contributed by atoms with Crippen molar-refractivity contribution in [2.24, 2.45) is 11.3 Å². The first kappa shape index (κ1) is 13.1. The first-order chi connectivity index (χ1) is 9.98. The highest BCUT2D eigenvalue weighted by atomic mass is 15.2. The molecule has 0 radical (unpaired) electrons. The van der Waals surface area contributed by atoms with Crippen molar-refractivity contribution in [1.29, 1.82) is 0 Å². The fourth-order valence-electron chi connectivity index (χ4n) is 3.27. The Morgan fingerprint density at radius 3 is 2.71 bits per heavy atom. The summed E-state index contributed by atoms with van der Waals surface area (Å²) in [6.45, 7) is 7.66. The van der Waals surface area contributed by atoms with Crippen LogP contribution in [0.4, 0.5) is 5.82 Å². The summed E-state index contributed by atoms with van der Waals surface area (Å²) < 4.78 is 1.95. The fourth-order valence-corrected chi connectivity index (χ4v) is 3.27. The van der Waals surface area contributed by atoms with Crippen LogP contribution < -0.4 is 5.32 Å². The SMILES string of the molecule is CC(C)(C)c1cc2c(NCC3(C4CC4)CC3)nccn2n1. The summed E-state index contributed by atoms with van der Waals surface area (Å²) in [6.07, 6.45) is 9.41. The van der Waals surface area contributed by atoms with Gasteiger partial charge in [0.05, 0.1) is 5.69 Å². The van der Waals surface area contributed by atoms with Crippen molar-refractivity contribution in [3.8, 4) is 0 Å². The number of anilines is 1. The minimum Gasteiger partial charge on any atom is -0.368 e. The van der Waals surface area contributed by atoms with Crippen molar-refractivity contribution >= 4 is 11.3 Å². The monoisotopic (exact) mass is 284 g/mol. The van der Waals surface area contributed by atoms with E-state index in [1.807, 2.05) is 16.9 Å². The number of rotatable bonds is 4. The second-order valence-corrected chi connectivity index (χ2v) is 7.88. The van der Waals surface area contributed by atoms with Gasteiger partial charge in [0.15, 0.2) is 5.82 Å². The van der Waals surface area contributed by atoms with E-state index in [9.17, 15) is 0 Å². The van der Waals surface area contributed by atoms with Gasteiger partial charge in [-0.2, -0.15) is 5.10 Å². The average Bonchev–Trinajstić information content (AvgIpc) is 3.31. The normalized spacial score (nSPS) is 20.7. The molecule has 2 aliphatic carbocycles. The highest BCUT2D eigenvalue weighted by Gasteiger charge is 2.53. The lowest BCUT2D eigenvalue weighted by molar-refractivity contribution is 0.466. The van der Waals surface area contributed by atoms with Crippen molar-refractivity contribution in [3.05, 3.63) is 24.2 Å². The van der Waals surface area contributed by atoms with Gasteiger partial charge in [0.2, 0.25) is 0 Å². The zero-order valence-corrected chi connectivity index (χ0v) is 13.2. The third kappa shape index (κ3) is 2.30. The van der Waals surface area contributed by atoms with E-state index in [-0.39, 0.29) is 5.41 Å². The molecule has 0 spiro atoms. The number of hydrogen-bond donors (Lipinski definition) is 1.